The predicted molar refractivity (Wildman–Crippen MR) is 53.6 cm³/mol. The summed E-state index contributed by atoms with van der Waals surface area (Å²) in [6.07, 6.45) is 0. The van der Waals surface area contributed by atoms with Crippen LogP contribution < -0.4 is 5.32 Å². The van der Waals surface area contributed by atoms with E-state index in [1.54, 1.807) is 0 Å². The number of nitrogens with one attached hydrogen (secondary N) is 1. The molecule has 13 heavy (non-hydrogen) atoms. The highest BCUT2D eigenvalue weighted by atomic mass is 16.3. The maximum atomic E-state index is 11.7. The molecule has 0 saturated carbocycles. The van der Waals surface area contributed by atoms with Crippen LogP contribution in [0.25, 0.3) is 0 Å². The van der Waals surface area contributed by atoms with Crippen molar-refractivity contribution in [1.29, 1.82) is 0 Å². The summed E-state index contributed by atoms with van der Waals surface area (Å²) in [5, 5.41) is 12.1. The summed E-state index contributed by atoms with van der Waals surface area (Å²) in [5.41, 5.74) is -0.394. The van der Waals surface area contributed by atoms with Gasteiger partial charge in [0.1, 0.15) is 0 Å². The highest BCUT2D eigenvalue weighted by Crippen LogP contribution is 2.16. The average Bonchev–Trinajstić information content (AvgIpc) is 1.96. The third kappa shape index (κ3) is 4.39. The Labute approximate surface area is 80.5 Å². The molecule has 0 radical (unpaired) electrons. The molecule has 0 amide bonds. The van der Waals surface area contributed by atoms with Gasteiger partial charge in [0.25, 0.3) is 0 Å². The second-order valence-corrected chi connectivity index (χ2v) is 4.67. The van der Waals surface area contributed by atoms with E-state index in [-0.39, 0.29) is 18.4 Å². The van der Waals surface area contributed by atoms with Gasteiger partial charge in [-0.3, -0.25) is 4.79 Å². The van der Waals surface area contributed by atoms with Crippen LogP contribution in [-0.4, -0.2) is 29.6 Å². The molecule has 0 aromatic carbocycles. The standard InChI is InChI=1S/C10H21NO2/c1-7(2)11-8(6-12)9(13)10(3,4)5/h7-8,11-12H,6H2,1-5H3. The Bertz CT molecular complexity index is 170. The van der Waals surface area contributed by atoms with Gasteiger partial charge in [-0.1, -0.05) is 34.6 Å². The van der Waals surface area contributed by atoms with Crippen LogP contribution >= 0.6 is 0 Å². The van der Waals surface area contributed by atoms with Gasteiger partial charge in [0.05, 0.1) is 12.6 Å². The number of Topliss-reactive ketones (excluding diaryl/α,β-unsaturated/α-hetero) is 1. The molecule has 0 heterocycles. The molecule has 0 bridgehead atoms. The Balaban J connectivity index is 4.33. The van der Waals surface area contributed by atoms with E-state index in [1.807, 2.05) is 34.6 Å². The third-order valence-corrected chi connectivity index (χ3v) is 1.77. The van der Waals surface area contributed by atoms with Crippen LogP contribution in [0.15, 0.2) is 0 Å². The molecule has 0 aliphatic heterocycles. The quantitative estimate of drug-likeness (QED) is 0.689. The van der Waals surface area contributed by atoms with E-state index < -0.39 is 11.5 Å². The Morgan fingerprint density at radius 3 is 2.08 bits per heavy atom. The monoisotopic (exact) mass is 187 g/mol. The minimum atomic E-state index is -0.431. The molecule has 2 N–H and O–H groups in total. The SMILES string of the molecule is CC(C)NC(CO)C(=O)C(C)(C)C. The van der Waals surface area contributed by atoms with Crippen molar-refractivity contribution in [3.8, 4) is 0 Å². The third-order valence-electron chi connectivity index (χ3n) is 1.77. The van der Waals surface area contributed by atoms with Gasteiger partial charge in [0, 0.05) is 11.5 Å². The van der Waals surface area contributed by atoms with Crippen LogP contribution in [0.1, 0.15) is 34.6 Å². The number of carbonyl (C=O) groups is 1. The van der Waals surface area contributed by atoms with E-state index in [1.165, 1.54) is 0 Å². The summed E-state index contributed by atoms with van der Waals surface area (Å²) in [6.45, 7) is 9.37. The van der Waals surface area contributed by atoms with Gasteiger partial charge in [-0.05, 0) is 0 Å². The summed E-state index contributed by atoms with van der Waals surface area (Å²) in [5.74, 6) is 0.0590. The van der Waals surface area contributed by atoms with Gasteiger partial charge in [-0.25, -0.2) is 0 Å². The minimum absolute atomic E-state index is 0.0590. The molecule has 0 aliphatic carbocycles. The number of ketones is 1. The zero-order chi connectivity index (χ0) is 10.6. The fourth-order valence-corrected chi connectivity index (χ4v) is 1.14. The maximum absolute atomic E-state index is 11.7. The first kappa shape index (κ1) is 12.6. The fourth-order valence-electron chi connectivity index (χ4n) is 1.14. The molecule has 0 aliphatic rings. The first-order valence-corrected chi connectivity index (χ1v) is 4.70. The highest BCUT2D eigenvalue weighted by Gasteiger charge is 2.29. The van der Waals surface area contributed by atoms with Gasteiger partial charge in [-0.15, -0.1) is 0 Å². The largest absolute Gasteiger partial charge is 0.394 e. The van der Waals surface area contributed by atoms with Gasteiger partial charge < -0.3 is 10.4 Å². The molecule has 1 atom stereocenters. The molecule has 3 heteroatoms. The Hall–Kier alpha value is -0.410. The topological polar surface area (TPSA) is 49.3 Å². The number of carbonyl (C=O) groups excluding carboxylic acids is 1. The number of hydrogen-bond donors (Lipinski definition) is 2. The Kier molecular flexibility index (Phi) is 4.57. The molecular weight excluding hydrogens is 166 g/mol. The summed E-state index contributed by atoms with van der Waals surface area (Å²) in [7, 11) is 0. The Morgan fingerprint density at radius 2 is 1.85 bits per heavy atom. The summed E-state index contributed by atoms with van der Waals surface area (Å²) >= 11 is 0. The van der Waals surface area contributed by atoms with Gasteiger partial charge >= 0.3 is 0 Å². The lowest BCUT2D eigenvalue weighted by Gasteiger charge is -2.25. The lowest BCUT2D eigenvalue weighted by Crippen LogP contribution is -2.47. The number of aliphatic hydroxyl groups excluding tert-OH is 1. The molecule has 3 nitrogen and oxygen atoms in total. The maximum Gasteiger partial charge on any atom is 0.157 e. The smallest absolute Gasteiger partial charge is 0.157 e. The Morgan fingerprint density at radius 1 is 1.38 bits per heavy atom. The first-order valence-electron chi connectivity index (χ1n) is 4.70. The van der Waals surface area contributed by atoms with Crippen molar-refractivity contribution in [2.24, 2.45) is 5.41 Å². The molecule has 1 unspecified atom stereocenters. The van der Waals surface area contributed by atoms with Crippen LogP contribution in [0, 0.1) is 5.41 Å². The molecule has 0 aromatic heterocycles. The van der Waals surface area contributed by atoms with Crippen molar-refractivity contribution < 1.29 is 9.90 Å². The van der Waals surface area contributed by atoms with Crippen LogP contribution in [0.4, 0.5) is 0 Å². The lowest BCUT2D eigenvalue weighted by molar-refractivity contribution is -0.129. The number of rotatable bonds is 4. The van der Waals surface area contributed by atoms with Gasteiger partial charge in [0.15, 0.2) is 5.78 Å². The fraction of sp³-hybridized carbons (Fsp3) is 0.900. The van der Waals surface area contributed by atoms with Crippen LogP contribution in [0.5, 0.6) is 0 Å². The molecule has 78 valence electrons. The lowest BCUT2D eigenvalue weighted by atomic mass is 9.86. The van der Waals surface area contributed by atoms with Crippen LogP contribution in [0.3, 0.4) is 0 Å². The van der Waals surface area contributed by atoms with E-state index in [4.69, 9.17) is 5.11 Å². The van der Waals surface area contributed by atoms with E-state index in [0.29, 0.717) is 0 Å². The first-order chi connectivity index (χ1) is 5.79. The van der Waals surface area contributed by atoms with E-state index >= 15 is 0 Å². The zero-order valence-corrected chi connectivity index (χ0v) is 9.22. The second kappa shape index (κ2) is 4.72. The highest BCUT2D eigenvalue weighted by molar-refractivity contribution is 5.88. The number of hydrogen-bond acceptors (Lipinski definition) is 3. The molecule has 0 fully saturated rings. The predicted octanol–water partition coefficient (Wildman–Crippen LogP) is 0.960. The summed E-state index contributed by atoms with van der Waals surface area (Å²) < 4.78 is 0. The second-order valence-electron chi connectivity index (χ2n) is 4.67. The molecular formula is C10H21NO2. The minimum Gasteiger partial charge on any atom is -0.394 e. The van der Waals surface area contributed by atoms with Crippen molar-refractivity contribution in [2.75, 3.05) is 6.61 Å². The normalized spacial score (nSPS) is 14.7. The molecule has 0 spiro atoms. The van der Waals surface area contributed by atoms with Crippen LogP contribution in [-0.2, 0) is 4.79 Å². The van der Waals surface area contributed by atoms with Crippen molar-refractivity contribution >= 4 is 5.78 Å². The molecule has 0 aromatic rings. The van der Waals surface area contributed by atoms with Crippen molar-refractivity contribution in [3.63, 3.8) is 0 Å². The van der Waals surface area contributed by atoms with Gasteiger partial charge in [-0.2, -0.15) is 0 Å². The zero-order valence-electron chi connectivity index (χ0n) is 9.22. The van der Waals surface area contributed by atoms with Gasteiger partial charge in [0.2, 0.25) is 0 Å². The van der Waals surface area contributed by atoms with Crippen molar-refractivity contribution in [1.82, 2.24) is 5.32 Å². The van der Waals surface area contributed by atoms with E-state index in [2.05, 4.69) is 5.32 Å². The van der Waals surface area contributed by atoms with Crippen molar-refractivity contribution in [2.45, 2.75) is 46.7 Å². The number of aliphatic hydroxyl groups is 1. The van der Waals surface area contributed by atoms with Crippen molar-refractivity contribution in [3.05, 3.63) is 0 Å². The van der Waals surface area contributed by atoms with E-state index in [9.17, 15) is 4.79 Å². The van der Waals surface area contributed by atoms with E-state index in [0.717, 1.165) is 0 Å². The molecule has 0 saturated heterocycles. The van der Waals surface area contributed by atoms with Crippen LogP contribution in [0.2, 0.25) is 0 Å². The summed E-state index contributed by atoms with van der Waals surface area (Å²) in [6, 6.07) is -0.219. The average molecular weight is 187 g/mol. The summed E-state index contributed by atoms with van der Waals surface area (Å²) in [4.78, 5) is 11.7. The molecule has 0 rings (SSSR count).